The van der Waals surface area contributed by atoms with E-state index in [1.807, 2.05) is 42.5 Å². The van der Waals surface area contributed by atoms with Crippen molar-refractivity contribution in [3.63, 3.8) is 0 Å². The highest BCUT2D eigenvalue weighted by Crippen LogP contribution is 2.20. The van der Waals surface area contributed by atoms with Gasteiger partial charge in [-0.25, -0.2) is 13.1 Å². The van der Waals surface area contributed by atoms with Crippen molar-refractivity contribution in [1.82, 2.24) is 14.8 Å². The highest BCUT2D eigenvalue weighted by atomic mass is 32.2. The van der Waals surface area contributed by atoms with Crippen LogP contribution in [0.15, 0.2) is 96.4 Å². The first kappa shape index (κ1) is 18.7. The first-order valence-corrected chi connectivity index (χ1v) is 10.3. The van der Waals surface area contributed by atoms with Gasteiger partial charge in [0.15, 0.2) is 0 Å². The van der Waals surface area contributed by atoms with E-state index in [9.17, 15) is 8.42 Å². The fourth-order valence-electron chi connectivity index (χ4n) is 2.65. The number of hydrogen-bond acceptors (Lipinski definition) is 5. The summed E-state index contributed by atoms with van der Waals surface area (Å²) in [5.41, 5.74) is 2.22. The summed E-state index contributed by atoms with van der Waals surface area (Å²) in [5.74, 6) is 0.640. The smallest absolute Gasteiger partial charge is 0.265 e. The molecule has 0 aliphatic heterocycles. The lowest BCUT2D eigenvalue weighted by Crippen LogP contribution is -2.12. The fraction of sp³-hybridized carbons (Fsp3) is 0.0476. The normalized spacial score (nSPS) is 11.2. The van der Waals surface area contributed by atoms with Gasteiger partial charge in [-0.1, -0.05) is 18.2 Å². The third kappa shape index (κ3) is 4.61. The Labute approximate surface area is 168 Å². The van der Waals surface area contributed by atoms with Gasteiger partial charge in [0.25, 0.3) is 10.0 Å². The predicted octanol–water partition coefficient (Wildman–Crippen LogP) is 3.65. The van der Waals surface area contributed by atoms with E-state index in [2.05, 4.69) is 14.8 Å². The molecular formula is C21H18N4O3S. The highest BCUT2D eigenvalue weighted by Gasteiger charge is 2.17. The van der Waals surface area contributed by atoms with Crippen LogP contribution in [0.5, 0.6) is 5.75 Å². The summed E-state index contributed by atoms with van der Waals surface area (Å²) in [7, 11) is -3.75. The Kier molecular flexibility index (Phi) is 5.26. The number of nitrogens with zero attached hydrogens (tertiary/aromatic N) is 3. The van der Waals surface area contributed by atoms with E-state index < -0.39 is 10.0 Å². The van der Waals surface area contributed by atoms with Crippen LogP contribution in [-0.4, -0.2) is 23.2 Å². The highest BCUT2D eigenvalue weighted by molar-refractivity contribution is 7.92. The summed E-state index contributed by atoms with van der Waals surface area (Å²) in [6.45, 7) is 0.409. The lowest BCUT2D eigenvalue weighted by molar-refractivity contribution is 0.306. The van der Waals surface area contributed by atoms with Crippen LogP contribution >= 0.6 is 0 Å². The van der Waals surface area contributed by atoms with E-state index in [4.69, 9.17) is 4.74 Å². The molecule has 0 spiro atoms. The molecule has 0 saturated heterocycles. The minimum atomic E-state index is -3.75. The summed E-state index contributed by atoms with van der Waals surface area (Å²) in [6.07, 6.45) is 6.21. The zero-order valence-corrected chi connectivity index (χ0v) is 16.2. The third-order valence-electron chi connectivity index (χ3n) is 4.15. The van der Waals surface area contributed by atoms with Crippen LogP contribution in [0.25, 0.3) is 5.69 Å². The van der Waals surface area contributed by atoms with Crippen molar-refractivity contribution in [2.24, 2.45) is 0 Å². The maximum Gasteiger partial charge on any atom is 0.265 e. The molecule has 2 aromatic heterocycles. The van der Waals surface area contributed by atoms with Crippen molar-refractivity contribution in [3.05, 3.63) is 97.1 Å². The molecule has 2 aromatic carbocycles. The Morgan fingerprint density at radius 2 is 1.66 bits per heavy atom. The quantitative estimate of drug-likeness (QED) is 0.506. The van der Waals surface area contributed by atoms with E-state index in [0.29, 0.717) is 18.0 Å². The summed E-state index contributed by atoms with van der Waals surface area (Å²) in [6, 6.07) is 19.8. The number of ether oxygens (including phenoxy) is 1. The maximum absolute atomic E-state index is 12.6. The predicted molar refractivity (Wildman–Crippen MR) is 109 cm³/mol. The van der Waals surface area contributed by atoms with Crippen LogP contribution in [0.1, 0.15) is 5.56 Å². The van der Waals surface area contributed by atoms with Crippen LogP contribution in [0, 0.1) is 0 Å². The van der Waals surface area contributed by atoms with Crippen LogP contribution in [0.4, 0.5) is 5.69 Å². The van der Waals surface area contributed by atoms with Gasteiger partial charge in [0.1, 0.15) is 17.3 Å². The number of hydrogen-bond donors (Lipinski definition) is 1. The zero-order valence-electron chi connectivity index (χ0n) is 15.3. The Bertz CT molecular complexity index is 1180. The second kappa shape index (κ2) is 8.15. The SMILES string of the molecule is O=S(=O)(Nc1ccc(OCc2ccncc2)cc1)c1cnn(-c2ccccc2)c1. The molecule has 29 heavy (non-hydrogen) atoms. The van der Waals surface area contributed by atoms with Gasteiger partial charge in [-0.3, -0.25) is 9.71 Å². The van der Waals surface area contributed by atoms with Crippen molar-refractivity contribution in [1.29, 1.82) is 0 Å². The van der Waals surface area contributed by atoms with Crippen LogP contribution in [0.2, 0.25) is 0 Å². The van der Waals surface area contributed by atoms with Crippen molar-refractivity contribution in [3.8, 4) is 11.4 Å². The Balaban J connectivity index is 1.42. The number of rotatable bonds is 7. The molecule has 4 aromatic rings. The summed E-state index contributed by atoms with van der Waals surface area (Å²) < 4.78 is 35.1. The van der Waals surface area contributed by atoms with Crippen LogP contribution < -0.4 is 9.46 Å². The molecule has 0 fully saturated rings. The maximum atomic E-state index is 12.6. The van der Waals surface area contributed by atoms with E-state index >= 15 is 0 Å². The third-order valence-corrected chi connectivity index (χ3v) is 5.49. The minimum absolute atomic E-state index is 0.0827. The largest absolute Gasteiger partial charge is 0.489 e. The number of sulfonamides is 1. The van der Waals surface area contributed by atoms with Gasteiger partial charge >= 0.3 is 0 Å². The van der Waals surface area contributed by atoms with E-state index in [1.54, 1.807) is 36.7 Å². The molecule has 146 valence electrons. The number of aromatic nitrogens is 3. The molecule has 1 N–H and O–H groups in total. The van der Waals surface area contributed by atoms with Crippen molar-refractivity contribution < 1.29 is 13.2 Å². The zero-order chi connectivity index (χ0) is 20.1. The average molecular weight is 406 g/mol. The van der Waals surface area contributed by atoms with Crippen molar-refractivity contribution in [2.75, 3.05) is 4.72 Å². The van der Waals surface area contributed by atoms with E-state index in [0.717, 1.165) is 11.3 Å². The van der Waals surface area contributed by atoms with Gasteiger partial charge < -0.3 is 4.74 Å². The fourth-order valence-corrected chi connectivity index (χ4v) is 3.63. The molecule has 4 rings (SSSR count). The average Bonchev–Trinajstić information content (AvgIpc) is 3.26. The first-order valence-electron chi connectivity index (χ1n) is 8.85. The molecule has 0 unspecified atom stereocenters. The minimum Gasteiger partial charge on any atom is -0.489 e. The number of para-hydroxylation sites is 1. The second-order valence-corrected chi connectivity index (χ2v) is 7.91. The number of anilines is 1. The molecule has 0 aliphatic rings. The molecule has 0 radical (unpaired) electrons. The number of pyridine rings is 1. The van der Waals surface area contributed by atoms with E-state index in [1.165, 1.54) is 17.1 Å². The molecule has 7 nitrogen and oxygen atoms in total. The molecular weight excluding hydrogens is 388 g/mol. The lowest BCUT2D eigenvalue weighted by atomic mass is 10.3. The lowest BCUT2D eigenvalue weighted by Gasteiger charge is -2.09. The van der Waals surface area contributed by atoms with Crippen LogP contribution in [0.3, 0.4) is 0 Å². The van der Waals surface area contributed by atoms with Gasteiger partial charge in [-0.05, 0) is 54.1 Å². The van der Waals surface area contributed by atoms with Gasteiger partial charge in [-0.2, -0.15) is 5.10 Å². The van der Waals surface area contributed by atoms with Crippen molar-refractivity contribution >= 4 is 15.7 Å². The Morgan fingerprint density at radius 1 is 0.931 bits per heavy atom. The summed E-state index contributed by atoms with van der Waals surface area (Å²) in [5, 5.41) is 4.13. The molecule has 2 heterocycles. The Hall–Kier alpha value is -3.65. The van der Waals surface area contributed by atoms with Gasteiger partial charge in [0.2, 0.25) is 0 Å². The molecule has 0 aliphatic carbocycles. The molecule has 0 saturated carbocycles. The molecule has 0 bridgehead atoms. The Morgan fingerprint density at radius 3 is 2.38 bits per heavy atom. The molecule has 0 atom stereocenters. The summed E-state index contributed by atoms with van der Waals surface area (Å²) >= 11 is 0. The molecule has 8 heteroatoms. The topological polar surface area (TPSA) is 86.1 Å². The first-order chi connectivity index (χ1) is 14.1. The standard InChI is InChI=1S/C21H18N4O3S/c26-29(27,21-14-23-25(15-21)19-4-2-1-3-5-19)24-18-6-8-20(9-7-18)28-16-17-10-12-22-13-11-17/h1-15,24H,16H2. The van der Waals surface area contributed by atoms with Crippen LogP contribution in [-0.2, 0) is 16.6 Å². The summed E-state index contributed by atoms with van der Waals surface area (Å²) in [4.78, 5) is 4.05. The van der Waals surface area contributed by atoms with Gasteiger partial charge in [-0.15, -0.1) is 0 Å². The second-order valence-electron chi connectivity index (χ2n) is 6.23. The van der Waals surface area contributed by atoms with E-state index in [-0.39, 0.29) is 4.90 Å². The van der Waals surface area contributed by atoms with Crippen molar-refractivity contribution in [2.45, 2.75) is 11.5 Å². The monoisotopic (exact) mass is 406 g/mol. The molecule has 0 amide bonds. The number of benzene rings is 2. The van der Waals surface area contributed by atoms with Gasteiger partial charge in [0.05, 0.1) is 18.1 Å². The number of nitrogens with one attached hydrogen (secondary N) is 1. The van der Waals surface area contributed by atoms with Gasteiger partial charge in [0, 0.05) is 18.1 Å².